The van der Waals surface area contributed by atoms with E-state index < -0.39 is 0 Å². The van der Waals surface area contributed by atoms with Gasteiger partial charge in [0.2, 0.25) is 5.78 Å². The second-order valence-corrected chi connectivity index (χ2v) is 7.93. The van der Waals surface area contributed by atoms with Gasteiger partial charge in [-0.15, -0.1) is 0 Å². The predicted molar refractivity (Wildman–Crippen MR) is 126 cm³/mol. The SMILES string of the molecule is COC1=CC(=O)c2cc(Cc3ccc(O)c(OC)c3)c(C)c(-c3ccc(O)c(OC)c3)c2C1=O. The molecular weight excluding hydrogens is 436 g/mol. The number of ether oxygens (including phenoxy) is 3. The Bertz CT molecular complexity index is 1350. The molecule has 0 atom stereocenters. The van der Waals surface area contributed by atoms with Crippen LogP contribution in [-0.4, -0.2) is 43.1 Å². The molecule has 3 aromatic carbocycles. The van der Waals surface area contributed by atoms with Gasteiger partial charge in [0, 0.05) is 17.2 Å². The van der Waals surface area contributed by atoms with Crippen molar-refractivity contribution >= 4 is 11.6 Å². The summed E-state index contributed by atoms with van der Waals surface area (Å²) in [7, 11) is 4.27. The van der Waals surface area contributed by atoms with E-state index in [1.807, 2.05) is 6.92 Å². The summed E-state index contributed by atoms with van der Waals surface area (Å²) in [5, 5.41) is 20.0. The Hall–Kier alpha value is -4.26. The van der Waals surface area contributed by atoms with E-state index in [1.54, 1.807) is 36.4 Å². The van der Waals surface area contributed by atoms with Gasteiger partial charge >= 0.3 is 0 Å². The lowest BCUT2D eigenvalue weighted by atomic mass is 9.81. The van der Waals surface area contributed by atoms with E-state index in [2.05, 4.69) is 0 Å². The van der Waals surface area contributed by atoms with Gasteiger partial charge in [0.1, 0.15) is 0 Å². The molecule has 2 N–H and O–H groups in total. The van der Waals surface area contributed by atoms with Crippen molar-refractivity contribution in [3.05, 3.63) is 82.1 Å². The van der Waals surface area contributed by atoms with Crippen LogP contribution in [0, 0.1) is 6.92 Å². The molecule has 0 bridgehead atoms. The Morgan fingerprint density at radius 1 is 0.794 bits per heavy atom. The Balaban J connectivity index is 1.97. The van der Waals surface area contributed by atoms with Crippen molar-refractivity contribution in [1.29, 1.82) is 0 Å². The molecule has 0 saturated carbocycles. The van der Waals surface area contributed by atoms with Crippen molar-refractivity contribution in [2.45, 2.75) is 13.3 Å². The summed E-state index contributed by atoms with van der Waals surface area (Å²) in [4.78, 5) is 26.3. The molecule has 0 unspecified atom stereocenters. The number of rotatable bonds is 6. The molecule has 0 aliphatic heterocycles. The number of phenolic OH excluding ortho intramolecular Hbond substituents is 2. The Labute approximate surface area is 196 Å². The summed E-state index contributed by atoms with van der Waals surface area (Å²) in [5.74, 6) is -0.164. The normalized spacial score (nSPS) is 12.8. The third-order valence-corrected chi connectivity index (χ3v) is 6.00. The second-order valence-electron chi connectivity index (χ2n) is 7.93. The highest BCUT2D eigenvalue weighted by Gasteiger charge is 2.32. The van der Waals surface area contributed by atoms with Crippen molar-refractivity contribution < 1.29 is 34.0 Å². The van der Waals surface area contributed by atoms with Gasteiger partial charge in [0.15, 0.2) is 34.5 Å². The van der Waals surface area contributed by atoms with Crippen molar-refractivity contribution in [2.75, 3.05) is 21.3 Å². The van der Waals surface area contributed by atoms with Gasteiger partial charge in [0.25, 0.3) is 0 Å². The van der Waals surface area contributed by atoms with Crippen LogP contribution in [0.3, 0.4) is 0 Å². The fraction of sp³-hybridized carbons (Fsp3) is 0.185. The standard InChI is InChI=1S/C27H24O7/c1-14-17(9-15-5-7-19(28)22(10-15)32-2)11-18-21(30)13-24(34-4)27(31)26(18)25(14)16-6-8-20(29)23(12-16)33-3/h5-8,10-13,28-29H,9H2,1-4H3. The molecule has 1 aliphatic rings. The zero-order valence-electron chi connectivity index (χ0n) is 19.3. The summed E-state index contributed by atoms with van der Waals surface area (Å²) < 4.78 is 15.7. The van der Waals surface area contributed by atoms with Crippen LogP contribution in [0.1, 0.15) is 37.4 Å². The molecule has 0 aromatic heterocycles. The Morgan fingerprint density at radius 3 is 2.09 bits per heavy atom. The summed E-state index contributed by atoms with van der Waals surface area (Å²) in [6.07, 6.45) is 1.63. The highest BCUT2D eigenvalue weighted by Crippen LogP contribution is 2.40. The summed E-state index contributed by atoms with van der Waals surface area (Å²) in [6, 6.07) is 11.6. The molecule has 7 nitrogen and oxygen atoms in total. The van der Waals surface area contributed by atoms with Crippen LogP contribution in [0.4, 0.5) is 0 Å². The van der Waals surface area contributed by atoms with E-state index >= 15 is 0 Å². The maximum atomic E-state index is 13.3. The molecule has 0 saturated heterocycles. The zero-order valence-corrected chi connectivity index (χ0v) is 19.3. The maximum Gasteiger partial charge on any atom is 0.229 e. The number of carbonyl (C=O) groups is 2. The number of allylic oxidation sites excluding steroid dienone is 2. The number of methoxy groups -OCH3 is 3. The highest BCUT2D eigenvalue weighted by atomic mass is 16.5. The molecule has 0 spiro atoms. The summed E-state index contributed by atoms with van der Waals surface area (Å²) in [6.45, 7) is 1.88. The minimum Gasteiger partial charge on any atom is -0.504 e. The molecule has 0 heterocycles. The average molecular weight is 460 g/mol. The third kappa shape index (κ3) is 3.85. The topological polar surface area (TPSA) is 102 Å². The first-order chi connectivity index (χ1) is 16.3. The molecule has 34 heavy (non-hydrogen) atoms. The molecule has 0 radical (unpaired) electrons. The summed E-state index contributed by atoms with van der Waals surface area (Å²) >= 11 is 0. The van der Waals surface area contributed by atoms with E-state index in [4.69, 9.17) is 14.2 Å². The number of fused-ring (bicyclic) bond motifs is 1. The average Bonchev–Trinajstić information content (AvgIpc) is 2.83. The van der Waals surface area contributed by atoms with Gasteiger partial charge in [-0.05, 0) is 71.5 Å². The highest BCUT2D eigenvalue weighted by molar-refractivity contribution is 6.26. The first kappa shape index (κ1) is 22.9. The van der Waals surface area contributed by atoms with Crippen LogP contribution in [-0.2, 0) is 11.2 Å². The minimum absolute atomic E-state index is 0.0279. The molecule has 4 rings (SSSR count). The van der Waals surface area contributed by atoms with E-state index in [9.17, 15) is 19.8 Å². The maximum absolute atomic E-state index is 13.3. The second kappa shape index (κ2) is 8.94. The van der Waals surface area contributed by atoms with Crippen molar-refractivity contribution in [3.8, 4) is 34.1 Å². The number of benzene rings is 3. The van der Waals surface area contributed by atoms with Gasteiger partial charge in [-0.25, -0.2) is 0 Å². The molecule has 0 fully saturated rings. The Morgan fingerprint density at radius 2 is 1.44 bits per heavy atom. The van der Waals surface area contributed by atoms with Crippen molar-refractivity contribution in [3.63, 3.8) is 0 Å². The number of phenols is 2. The van der Waals surface area contributed by atoms with E-state index in [1.165, 1.54) is 33.5 Å². The molecule has 7 heteroatoms. The first-order valence-corrected chi connectivity index (χ1v) is 10.5. The number of carbonyl (C=O) groups excluding carboxylic acids is 2. The lowest BCUT2D eigenvalue weighted by Gasteiger charge is -2.23. The molecule has 1 aliphatic carbocycles. The van der Waals surface area contributed by atoms with E-state index in [-0.39, 0.29) is 45.7 Å². The lowest BCUT2D eigenvalue weighted by molar-refractivity contribution is 0.0917. The van der Waals surface area contributed by atoms with Gasteiger partial charge in [-0.2, -0.15) is 0 Å². The zero-order chi connectivity index (χ0) is 24.6. The minimum atomic E-state index is -0.389. The monoisotopic (exact) mass is 460 g/mol. The van der Waals surface area contributed by atoms with Crippen LogP contribution in [0.25, 0.3) is 11.1 Å². The number of hydrogen-bond donors (Lipinski definition) is 2. The lowest BCUT2D eigenvalue weighted by Crippen LogP contribution is -2.20. The molecule has 174 valence electrons. The van der Waals surface area contributed by atoms with Gasteiger partial charge in [-0.3, -0.25) is 9.59 Å². The van der Waals surface area contributed by atoms with Crippen LogP contribution < -0.4 is 9.47 Å². The van der Waals surface area contributed by atoms with E-state index in [0.717, 1.165) is 16.7 Å². The first-order valence-electron chi connectivity index (χ1n) is 10.5. The molecule has 0 amide bonds. The van der Waals surface area contributed by atoms with Gasteiger partial charge in [-0.1, -0.05) is 12.1 Å². The molecular formula is C27H24O7. The summed E-state index contributed by atoms with van der Waals surface area (Å²) in [5.41, 5.74) is 4.18. The number of hydrogen-bond acceptors (Lipinski definition) is 7. The number of ketones is 2. The Kier molecular flexibility index (Phi) is 6.03. The van der Waals surface area contributed by atoms with Crippen LogP contribution in [0.5, 0.6) is 23.0 Å². The fourth-order valence-corrected chi connectivity index (χ4v) is 4.23. The largest absolute Gasteiger partial charge is 0.504 e. The van der Waals surface area contributed by atoms with Gasteiger partial charge < -0.3 is 24.4 Å². The quantitative estimate of drug-likeness (QED) is 0.555. The van der Waals surface area contributed by atoms with Crippen LogP contribution in [0.2, 0.25) is 0 Å². The van der Waals surface area contributed by atoms with E-state index in [0.29, 0.717) is 23.3 Å². The third-order valence-electron chi connectivity index (χ3n) is 6.00. The van der Waals surface area contributed by atoms with Crippen LogP contribution in [0.15, 0.2) is 54.3 Å². The number of aromatic hydroxyl groups is 2. The molecule has 3 aromatic rings. The van der Waals surface area contributed by atoms with Gasteiger partial charge in [0.05, 0.1) is 21.3 Å². The smallest absolute Gasteiger partial charge is 0.229 e. The van der Waals surface area contributed by atoms with Crippen molar-refractivity contribution in [2.24, 2.45) is 0 Å². The number of Topliss-reactive ketones (excluding diaryl/α,β-unsaturated/α-hetero) is 1. The predicted octanol–water partition coefficient (Wildman–Crippen LogP) is 4.59. The fourth-order valence-electron chi connectivity index (χ4n) is 4.23. The van der Waals surface area contributed by atoms with Crippen LogP contribution >= 0.6 is 0 Å². The van der Waals surface area contributed by atoms with Crippen molar-refractivity contribution in [1.82, 2.24) is 0 Å².